The van der Waals surface area contributed by atoms with Gasteiger partial charge in [0, 0.05) is 17.8 Å². The van der Waals surface area contributed by atoms with E-state index in [0.717, 1.165) is 17.7 Å². The van der Waals surface area contributed by atoms with Gasteiger partial charge in [0.2, 0.25) is 0 Å². The zero-order valence-corrected chi connectivity index (χ0v) is 18.4. The van der Waals surface area contributed by atoms with Crippen molar-refractivity contribution in [1.82, 2.24) is 10.2 Å². The summed E-state index contributed by atoms with van der Waals surface area (Å²) in [5.41, 5.74) is 1.60. The normalized spacial score (nSPS) is 12.4. The second-order valence-corrected chi connectivity index (χ2v) is 9.04. The Hall–Kier alpha value is -3.30. The molecule has 0 spiro atoms. The third kappa shape index (κ3) is 5.68. The lowest BCUT2D eigenvalue weighted by Gasteiger charge is -2.25. The van der Waals surface area contributed by atoms with Crippen molar-refractivity contribution >= 4 is 21.6 Å². The zero-order valence-electron chi connectivity index (χ0n) is 17.5. The Balaban J connectivity index is 1.65. The first-order valence-corrected chi connectivity index (χ1v) is 11.2. The van der Waals surface area contributed by atoms with Gasteiger partial charge in [-0.1, -0.05) is 30.3 Å². The van der Waals surface area contributed by atoms with Gasteiger partial charge in [-0.2, -0.15) is 0 Å². The molecule has 0 saturated carbocycles. The number of anilines is 1. The molecule has 3 rings (SSSR count). The molecule has 1 atom stereocenters. The SMILES string of the molecule is CN(C)[C@H](CNC(=O)c1ccc(NS(=O)(=O)c2ccc(F)c(F)c2)cc1)c1ccccc1. The summed E-state index contributed by atoms with van der Waals surface area (Å²) in [6, 6.07) is 17.9. The predicted octanol–water partition coefficient (Wildman–Crippen LogP) is 3.80. The fourth-order valence-electron chi connectivity index (χ4n) is 3.11. The van der Waals surface area contributed by atoms with Crippen LogP contribution >= 0.6 is 0 Å². The van der Waals surface area contributed by atoms with Gasteiger partial charge in [0.25, 0.3) is 15.9 Å². The van der Waals surface area contributed by atoms with Crippen LogP contribution in [0.1, 0.15) is 22.0 Å². The quantitative estimate of drug-likeness (QED) is 0.537. The molecule has 3 aromatic carbocycles. The van der Waals surface area contributed by atoms with Crippen molar-refractivity contribution in [2.75, 3.05) is 25.4 Å². The number of sulfonamides is 1. The largest absolute Gasteiger partial charge is 0.350 e. The van der Waals surface area contributed by atoms with Crippen LogP contribution in [0.5, 0.6) is 0 Å². The van der Waals surface area contributed by atoms with Gasteiger partial charge in [0.1, 0.15) is 0 Å². The molecule has 0 aliphatic rings. The molecule has 6 nitrogen and oxygen atoms in total. The first kappa shape index (κ1) is 23.4. The highest BCUT2D eigenvalue weighted by atomic mass is 32.2. The van der Waals surface area contributed by atoms with Gasteiger partial charge in [-0.05, 0) is 62.1 Å². The van der Waals surface area contributed by atoms with Crippen LogP contribution < -0.4 is 10.0 Å². The Morgan fingerprint density at radius 3 is 2.19 bits per heavy atom. The monoisotopic (exact) mass is 459 g/mol. The number of carbonyl (C=O) groups excluding carboxylic acids is 1. The van der Waals surface area contributed by atoms with Crippen molar-refractivity contribution in [2.45, 2.75) is 10.9 Å². The Labute approximate surface area is 185 Å². The summed E-state index contributed by atoms with van der Waals surface area (Å²) in [6.07, 6.45) is 0. The van der Waals surface area contributed by atoms with Crippen molar-refractivity contribution < 1.29 is 22.0 Å². The molecule has 0 aromatic heterocycles. The van der Waals surface area contributed by atoms with Gasteiger partial charge in [-0.25, -0.2) is 17.2 Å². The van der Waals surface area contributed by atoms with E-state index in [1.54, 1.807) is 0 Å². The van der Waals surface area contributed by atoms with Gasteiger partial charge >= 0.3 is 0 Å². The maximum atomic E-state index is 13.4. The molecule has 168 valence electrons. The van der Waals surface area contributed by atoms with Crippen LogP contribution in [0.2, 0.25) is 0 Å². The van der Waals surface area contributed by atoms with Gasteiger partial charge in [-0.15, -0.1) is 0 Å². The summed E-state index contributed by atoms with van der Waals surface area (Å²) in [7, 11) is -0.253. The summed E-state index contributed by atoms with van der Waals surface area (Å²) < 4.78 is 53.4. The van der Waals surface area contributed by atoms with Crippen molar-refractivity contribution in [1.29, 1.82) is 0 Å². The lowest BCUT2D eigenvalue weighted by Crippen LogP contribution is -2.34. The Morgan fingerprint density at radius 2 is 1.59 bits per heavy atom. The first-order chi connectivity index (χ1) is 15.2. The standard InChI is InChI=1S/C23H23F2N3O3S/c1-28(2)22(16-6-4-3-5-7-16)15-26-23(29)17-8-10-18(11-9-17)27-32(30,31)19-12-13-20(24)21(25)14-19/h3-14,22,27H,15H2,1-2H3,(H,26,29)/t22-/m1/s1. The summed E-state index contributed by atoms with van der Waals surface area (Å²) in [4.78, 5) is 14.1. The topological polar surface area (TPSA) is 78.5 Å². The average molecular weight is 460 g/mol. The van der Waals surface area contributed by atoms with Crippen LogP contribution in [-0.2, 0) is 10.0 Å². The number of nitrogens with one attached hydrogen (secondary N) is 2. The van der Waals surface area contributed by atoms with Crippen LogP contribution in [-0.4, -0.2) is 39.9 Å². The van der Waals surface area contributed by atoms with Gasteiger partial charge in [-0.3, -0.25) is 9.52 Å². The second kappa shape index (κ2) is 9.88. The molecule has 0 heterocycles. The number of hydrogen-bond donors (Lipinski definition) is 2. The van der Waals surface area contributed by atoms with Gasteiger partial charge in [0.15, 0.2) is 11.6 Å². The lowest BCUT2D eigenvalue weighted by molar-refractivity contribution is 0.0942. The third-order valence-corrected chi connectivity index (χ3v) is 6.24. The molecule has 0 fully saturated rings. The van der Waals surface area contributed by atoms with E-state index < -0.39 is 26.6 Å². The number of rotatable bonds is 8. The predicted molar refractivity (Wildman–Crippen MR) is 119 cm³/mol. The number of halogens is 2. The molecule has 1 amide bonds. The van der Waals surface area contributed by atoms with Crippen LogP contribution in [0.15, 0.2) is 77.7 Å². The molecule has 9 heteroatoms. The summed E-state index contributed by atoms with van der Waals surface area (Å²) in [6.45, 7) is 0.389. The molecule has 0 bridgehead atoms. The van der Waals surface area contributed by atoms with E-state index in [2.05, 4.69) is 10.0 Å². The van der Waals surface area contributed by atoms with E-state index in [9.17, 15) is 22.0 Å². The molecule has 0 aliphatic carbocycles. The van der Waals surface area contributed by atoms with Crippen molar-refractivity contribution in [2.24, 2.45) is 0 Å². The lowest BCUT2D eigenvalue weighted by atomic mass is 10.1. The molecular formula is C23H23F2N3O3S. The smallest absolute Gasteiger partial charge is 0.261 e. The fraction of sp³-hybridized carbons (Fsp3) is 0.174. The first-order valence-electron chi connectivity index (χ1n) is 9.75. The van der Waals surface area contributed by atoms with Gasteiger partial charge in [0.05, 0.1) is 10.9 Å². The maximum absolute atomic E-state index is 13.4. The Morgan fingerprint density at radius 1 is 0.938 bits per heavy atom. The molecule has 0 unspecified atom stereocenters. The van der Waals surface area contributed by atoms with E-state index >= 15 is 0 Å². The molecule has 3 aromatic rings. The Kier molecular flexibility index (Phi) is 7.22. The van der Waals surface area contributed by atoms with E-state index in [-0.39, 0.29) is 17.6 Å². The average Bonchev–Trinajstić information content (AvgIpc) is 2.76. The van der Waals surface area contributed by atoms with E-state index in [4.69, 9.17) is 0 Å². The van der Waals surface area contributed by atoms with Gasteiger partial charge < -0.3 is 10.2 Å². The number of benzene rings is 3. The van der Waals surface area contributed by atoms with Crippen LogP contribution in [0.4, 0.5) is 14.5 Å². The maximum Gasteiger partial charge on any atom is 0.261 e. The zero-order chi connectivity index (χ0) is 23.3. The van der Waals surface area contributed by atoms with Crippen molar-refractivity contribution in [3.8, 4) is 0 Å². The summed E-state index contributed by atoms with van der Waals surface area (Å²) in [5.74, 6) is -2.70. The number of hydrogen-bond acceptors (Lipinski definition) is 4. The van der Waals surface area contributed by atoms with E-state index in [1.165, 1.54) is 24.3 Å². The third-order valence-electron chi connectivity index (χ3n) is 4.86. The fourth-order valence-corrected chi connectivity index (χ4v) is 4.18. The molecule has 0 radical (unpaired) electrons. The highest BCUT2D eigenvalue weighted by Crippen LogP contribution is 2.20. The van der Waals surface area contributed by atoms with Crippen LogP contribution in [0.25, 0.3) is 0 Å². The Bertz CT molecular complexity index is 1180. The van der Waals surface area contributed by atoms with Crippen molar-refractivity contribution in [3.63, 3.8) is 0 Å². The minimum Gasteiger partial charge on any atom is -0.350 e. The minimum atomic E-state index is -4.11. The number of carbonyl (C=O) groups is 1. The highest BCUT2D eigenvalue weighted by Gasteiger charge is 2.18. The molecular weight excluding hydrogens is 436 g/mol. The second-order valence-electron chi connectivity index (χ2n) is 7.36. The van der Waals surface area contributed by atoms with Crippen molar-refractivity contribution in [3.05, 3.63) is 95.6 Å². The highest BCUT2D eigenvalue weighted by molar-refractivity contribution is 7.92. The number of amides is 1. The van der Waals surface area contributed by atoms with Crippen LogP contribution in [0.3, 0.4) is 0 Å². The number of nitrogens with zero attached hydrogens (tertiary/aromatic N) is 1. The molecule has 2 N–H and O–H groups in total. The number of likely N-dealkylation sites (N-methyl/N-ethyl adjacent to an activating group) is 1. The molecule has 32 heavy (non-hydrogen) atoms. The molecule has 0 aliphatic heterocycles. The summed E-state index contributed by atoms with van der Waals surface area (Å²) in [5, 5.41) is 2.89. The van der Waals surface area contributed by atoms with E-state index in [1.807, 2.05) is 49.3 Å². The van der Waals surface area contributed by atoms with Crippen LogP contribution in [0, 0.1) is 11.6 Å². The molecule has 0 saturated heterocycles. The van der Waals surface area contributed by atoms with E-state index in [0.29, 0.717) is 18.2 Å². The minimum absolute atomic E-state index is 0.0117. The summed E-state index contributed by atoms with van der Waals surface area (Å²) >= 11 is 0.